The van der Waals surface area contributed by atoms with Gasteiger partial charge in [0.05, 0.1) is 17.9 Å². The Bertz CT molecular complexity index is 1090. The van der Waals surface area contributed by atoms with Gasteiger partial charge in [0.1, 0.15) is 11.2 Å². The van der Waals surface area contributed by atoms with Crippen LogP contribution in [0.1, 0.15) is 11.1 Å². The third kappa shape index (κ3) is 2.31. The number of benzene rings is 1. The van der Waals surface area contributed by atoms with Crippen LogP contribution < -0.4 is 5.63 Å². The minimum Gasteiger partial charge on any atom is -0.422 e. The third-order valence-electron chi connectivity index (χ3n) is 3.86. The van der Waals surface area contributed by atoms with Crippen LogP contribution in [-0.4, -0.2) is 14.5 Å². The highest BCUT2D eigenvalue weighted by atomic mass is 16.4. The lowest BCUT2D eigenvalue weighted by Gasteiger charge is -2.01. The number of fused-ring (bicyclic) bond motifs is 2. The summed E-state index contributed by atoms with van der Waals surface area (Å²) in [5.74, 6) is 0. The van der Waals surface area contributed by atoms with Crippen LogP contribution in [0, 0.1) is 6.92 Å². The van der Waals surface area contributed by atoms with Gasteiger partial charge in [-0.1, -0.05) is 18.2 Å². The summed E-state index contributed by atoms with van der Waals surface area (Å²) in [5, 5.41) is 9.97. The van der Waals surface area contributed by atoms with Gasteiger partial charge in [-0.2, -0.15) is 0 Å². The lowest BCUT2D eigenvalue weighted by molar-refractivity contribution is 0.282. The molecule has 0 fully saturated rings. The number of nitrogens with zero attached hydrogens (tertiary/aromatic N) is 2. The van der Waals surface area contributed by atoms with Gasteiger partial charge in [-0.05, 0) is 36.2 Å². The van der Waals surface area contributed by atoms with E-state index in [0.717, 1.165) is 16.6 Å². The number of hydrogen-bond acceptors (Lipinski definition) is 4. The minimum absolute atomic E-state index is 0.0901. The molecule has 114 valence electrons. The van der Waals surface area contributed by atoms with Gasteiger partial charge >= 0.3 is 5.63 Å². The summed E-state index contributed by atoms with van der Waals surface area (Å²) in [6.45, 7) is 1.91. The summed E-state index contributed by atoms with van der Waals surface area (Å²) >= 11 is 0. The molecule has 0 aliphatic rings. The molecule has 0 spiro atoms. The lowest BCUT2D eigenvalue weighted by Crippen LogP contribution is -2.03. The van der Waals surface area contributed by atoms with Gasteiger partial charge in [-0.3, -0.25) is 0 Å². The second kappa shape index (κ2) is 5.07. The van der Waals surface area contributed by atoms with Crippen molar-refractivity contribution in [3.63, 3.8) is 0 Å². The van der Waals surface area contributed by atoms with Crippen molar-refractivity contribution >= 4 is 16.6 Å². The predicted molar refractivity (Wildman–Crippen MR) is 87.3 cm³/mol. The Labute approximate surface area is 131 Å². The van der Waals surface area contributed by atoms with Crippen LogP contribution in [0.3, 0.4) is 0 Å². The fourth-order valence-electron chi connectivity index (χ4n) is 2.67. The van der Waals surface area contributed by atoms with Crippen molar-refractivity contribution in [1.29, 1.82) is 0 Å². The number of pyridine rings is 1. The number of rotatable bonds is 2. The molecule has 4 rings (SSSR count). The molecule has 1 aromatic carbocycles. The van der Waals surface area contributed by atoms with E-state index in [1.54, 1.807) is 18.2 Å². The summed E-state index contributed by atoms with van der Waals surface area (Å²) in [7, 11) is 0. The Morgan fingerprint density at radius 3 is 2.87 bits per heavy atom. The Morgan fingerprint density at radius 2 is 2.04 bits per heavy atom. The number of aliphatic hydroxyl groups is 1. The number of aliphatic hydroxyl groups excluding tert-OH is 1. The second-order valence-corrected chi connectivity index (χ2v) is 5.58. The first-order valence-electron chi connectivity index (χ1n) is 7.27. The molecule has 0 aliphatic heterocycles. The van der Waals surface area contributed by atoms with Gasteiger partial charge in [0.25, 0.3) is 0 Å². The molecule has 0 unspecified atom stereocenters. The van der Waals surface area contributed by atoms with Crippen molar-refractivity contribution in [1.82, 2.24) is 9.38 Å². The molecule has 0 saturated carbocycles. The van der Waals surface area contributed by atoms with E-state index < -0.39 is 5.63 Å². The molecule has 0 saturated heterocycles. The number of imidazole rings is 1. The molecule has 23 heavy (non-hydrogen) atoms. The van der Waals surface area contributed by atoms with E-state index in [4.69, 9.17) is 9.52 Å². The van der Waals surface area contributed by atoms with Gasteiger partial charge in [0.15, 0.2) is 0 Å². The Balaban J connectivity index is 1.92. The van der Waals surface area contributed by atoms with E-state index in [1.165, 1.54) is 0 Å². The van der Waals surface area contributed by atoms with Gasteiger partial charge in [0.2, 0.25) is 0 Å². The molecular weight excluding hydrogens is 292 g/mol. The largest absolute Gasteiger partial charge is 0.422 e. The van der Waals surface area contributed by atoms with Crippen molar-refractivity contribution in [3.8, 4) is 11.3 Å². The standard InChI is InChI=1S/C18H14N2O3/c1-11-2-5-17-19-15(9-20(17)8-11)14-7-13-4-3-12(10-21)6-16(13)23-18(14)22/h2-9,21H,10H2,1H3. The molecule has 4 aromatic rings. The fraction of sp³-hybridized carbons (Fsp3) is 0.111. The van der Waals surface area contributed by atoms with Crippen LogP contribution in [-0.2, 0) is 6.61 Å². The number of aromatic nitrogens is 2. The Morgan fingerprint density at radius 1 is 1.17 bits per heavy atom. The van der Waals surface area contributed by atoms with E-state index in [0.29, 0.717) is 22.4 Å². The smallest absolute Gasteiger partial charge is 0.345 e. The summed E-state index contributed by atoms with van der Waals surface area (Å²) in [6.07, 6.45) is 3.78. The van der Waals surface area contributed by atoms with Crippen molar-refractivity contribution in [2.45, 2.75) is 13.5 Å². The van der Waals surface area contributed by atoms with Crippen LogP contribution in [0.15, 0.2) is 58.0 Å². The summed E-state index contributed by atoms with van der Waals surface area (Å²) in [6, 6.07) is 11.0. The molecule has 3 heterocycles. The summed E-state index contributed by atoms with van der Waals surface area (Å²) in [5.41, 5.74) is 3.63. The number of aryl methyl sites for hydroxylation is 1. The fourth-order valence-corrected chi connectivity index (χ4v) is 2.67. The minimum atomic E-state index is -0.437. The molecule has 3 aromatic heterocycles. The number of hydrogen-bond donors (Lipinski definition) is 1. The zero-order valence-corrected chi connectivity index (χ0v) is 12.5. The maximum absolute atomic E-state index is 12.3. The molecule has 0 amide bonds. The molecular formula is C18H14N2O3. The monoisotopic (exact) mass is 306 g/mol. The molecule has 0 radical (unpaired) electrons. The molecule has 0 aliphatic carbocycles. The van der Waals surface area contributed by atoms with Crippen molar-refractivity contribution in [2.24, 2.45) is 0 Å². The van der Waals surface area contributed by atoms with Crippen molar-refractivity contribution in [2.75, 3.05) is 0 Å². The first-order valence-corrected chi connectivity index (χ1v) is 7.27. The SMILES string of the molecule is Cc1ccc2nc(-c3cc4ccc(CO)cc4oc3=O)cn2c1. The van der Waals surface area contributed by atoms with Gasteiger partial charge in [-0.25, -0.2) is 9.78 Å². The van der Waals surface area contributed by atoms with Crippen LogP contribution >= 0.6 is 0 Å². The topological polar surface area (TPSA) is 67.7 Å². The lowest BCUT2D eigenvalue weighted by atomic mass is 10.1. The van der Waals surface area contributed by atoms with Crippen LogP contribution in [0.2, 0.25) is 0 Å². The highest BCUT2D eigenvalue weighted by Gasteiger charge is 2.12. The highest BCUT2D eigenvalue weighted by Crippen LogP contribution is 2.22. The molecule has 0 bridgehead atoms. The third-order valence-corrected chi connectivity index (χ3v) is 3.86. The van der Waals surface area contributed by atoms with Crippen LogP contribution in [0.25, 0.3) is 27.9 Å². The van der Waals surface area contributed by atoms with E-state index in [1.807, 2.05) is 41.9 Å². The highest BCUT2D eigenvalue weighted by molar-refractivity contribution is 5.81. The summed E-state index contributed by atoms with van der Waals surface area (Å²) < 4.78 is 7.29. The first-order chi connectivity index (χ1) is 11.1. The average molecular weight is 306 g/mol. The maximum Gasteiger partial charge on any atom is 0.345 e. The van der Waals surface area contributed by atoms with Crippen LogP contribution in [0.4, 0.5) is 0 Å². The van der Waals surface area contributed by atoms with Crippen molar-refractivity contribution < 1.29 is 9.52 Å². The van der Waals surface area contributed by atoms with E-state index >= 15 is 0 Å². The van der Waals surface area contributed by atoms with Crippen LogP contribution in [0.5, 0.6) is 0 Å². The van der Waals surface area contributed by atoms with E-state index in [2.05, 4.69) is 4.98 Å². The van der Waals surface area contributed by atoms with E-state index in [-0.39, 0.29) is 6.61 Å². The van der Waals surface area contributed by atoms with Gasteiger partial charge in [0, 0.05) is 17.8 Å². The predicted octanol–water partition coefficient (Wildman–Crippen LogP) is 2.91. The quantitative estimate of drug-likeness (QED) is 0.578. The van der Waals surface area contributed by atoms with Gasteiger partial charge in [-0.15, -0.1) is 0 Å². The second-order valence-electron chi connectivity index (χ2n) is 5.58. The zero-order valence-electron chi connectivity index (χ0n) is 12.5. The summed E-state index contributed by atoms with van der Waals surface area (Å²) in [4.78, 5) is 16.8. The molecule has 0 atom stereocenters. The normalized spacial score (nSPS) is 11.4. The van der Waals surface area contributed by atoms with E-state index in [9.17, 15) is 4.79 Å². The van der Waals surface area contributed by atoms with Crippen molar-refractivity contribution in [3.05, 3.63) is 70.3 Å². The first kappa shape index (κ1) is 13.7. The Hall–Kier alpha value is -2.92. The molecule has 5 nitrogen and oxygen atoms in total. The molecule has 5 heteroatoms. The van der Waals surface area contributed by atoms with Gasteiger partial charge < -0.3 is 13.9 Å². The maximum atomic E-state index is 12.3. The Kier molecular flexibility index (Phi) is 3.02. The molecule has 1 N–H and O–H groups in total. The zero-order chi connectivity index (χ0) is 16.0. The average Bonchev–Trinajstić information content (AvgIpc) is 2.96.